The Kier molecular flexibility index (Phi) is 7.70. The molecule has 0 bridgehead atoms. The first-order valence-electron chi connectivity index (χ1n) is 9.81. The van der Waals surface area contributed by atoms with Crippen molar-refractivity contribution in [3.63, 3.8) is 0 Å². The first kappa shape index (κ1) is 24.2. The molecule has 31 heavy (non-hydrogen) atoms. The first-order valence-corrected chi connectivity index (χ1v) is 9.81. The highest BCUT2D eigenvalue weighted by Crippen LogP contribution is 2.21. The number of ether oxygens (including phenoxy) is 1. The Hall–Kier alpha value is -3.03. The summed E-state index contributed by atoms with van der Waals surface area (Å²) in [5.74, 6) is -2.36. The molecule has 0 saturated heterocycles. The van der Waals surface area contributed by atoms with Crippen LogP contribution < -0.4 is 10.6 Å². The lowest BCUT2D eigenvalue weighted by atomic mass is 9.86. The second-order valence-electron chi connectivity index (χ2n) is 8.72. The predicted octanol–water partition coefficient (Wildman–Crippen LogP) is 4.29. The minimum absolute atomic E-state index is 0.108. The quantitative estimate of drug-likeness (QED) is 0.681. The first-order chi connectivity index (χ1) is 14.3. The van der Waals surface area contributed by atoms with Crippen LogP contribution in [0.2, 0.25) is 0 Å². The van der Waals surface area contributed by atoms with E-state index in [4.69, 9.17) is 4.74 Å². The van der Waals surface area contributed by atoms with Gasteiger partial charge in [0, 0.05) is 11.6 Å². The Morgan fingerprint density at radius 3 is 1.94 bits per heavy atom. The van der Waals surface area contributed by atoms with Gasteiger partial charge in [0.2, 0.25) is 5.91 Å². The number of rotatable bonds is 7. The van der Waals surface area contributed by atoms with Gasteiger partial charge in [0.25, 0.3) is 0 Å². The molecule has 8 heteroatoms. The molecule has 0 aromatic heterocycles. The molecule has 1 atom stereocenters. The summed E-state index contributed by atoms with van der Waals surface area (Å²) >= 11 is 0. The largest absolute Gasteiger partial charge is 0.444 e. The summed E-state index contributed by atoms with van der Waals surface area (Å²) in [6.07, 6.45) is -0.365. The van der Waals surface area contributed by atoms with Crippen molar-refractivity contribution in [1.29, 1.82) is 0 Å². The third-order valence-corrected chi connectivity index (χ3v) is 4.26. The fourth-order valence-corrected chi connectivity index (χ4v) is 3.21. The molecule has 2 aromatic carbocycles. The van der Waals surface area contributed by atoms with Gasteiger partial charge >= 0.3 is 6.09 Å². The van der Waals surface area contributed by atoms with Gasteiger partial charge in [0.15, 0.2) is 0 Å². The van der Waals surface area contributed by atoms with Crippen LogP contribution in [0.15, 0.2) is 42.5 Å². The molecule has 0 heterocycles. The molecule has 0 saturated carbocycles. The van der Waals surface area contributed by atoms with Gasteiger partial charge in [-0.3, -0.25) is 4.79 Å². The van der Waals surface area contributed by atoms with Gasteiger partial charge in [-0.1, -0.05) is 12.1 Å². The van der Waals surface area contributed by atoms with Crippen molar-refractivity contribution in [3.05, 3.63) is 71.0 Å². The highest BCUT2D eigenvalue weighted by molar-refractivity contribution is 5.82. The summed E-state index contributed by atoms with van der Waals surface area (Å²) in [5, 5.41) is 5.19. The lowest BCUT2D eigenvalue weighted by Gasteiger charge is -2.32. The Morgan fingerprint density at radius 1 is 0.839 bits per heavy atom. The maximum atomic E-state index is 13.7. The van der Waals surface area contributed by atoms with Crippen LogP contribution in [-0.4, -0.2) is 29.7 Å². The van der Waals surface area contributed by atoms with Crippen molar-refractivity contribution in [2.45, 2.75) is 51.7 Å². The van der Waals surface area contributed by atoms with Crippen molar-refractivity contribution in [2.75, 3.05) is 6.54 Å². The van der Waals surface area contributed by atoms with Crippen LogP contribution in [0.3, 0.4) is 0 Å². The van der Waals surface area contributed by atoms with Crippen LogP contribution in [0.1, 0.15) is 38.8 Å². The van der Waals surface area contributed by atoms with E-state index >= 15 is 0 Å². The zero-order valence-corrected chi connectivity index (χ0v) is 18.0. The van der Waals surface area contributed by atoms with E-state index in [9.17, 15) is 22.8 Å². The van der Waals surface area contributed by atoms with Gasteiger partial charge < -0.3 is 15.4 Å². The number of carbonyl (C=O) groups is 2. The molecule has 0 fully saturated rings. The summed E-state index contributed by atoms with van der Waals surface area (Å²) in [4.78, 5) is 24.3. The van der Waals surface area contributed by atoms with Crippen molar-refractivity contribution < 1.29 is 27.5 Å². The molecule has 2 amide bonds. The fourth-order valence-electron chi connectivity index (χ4n) is 3.21. The van der Waals surface area contributed by atoms with E-state index in [2.05, 4.69) is 10.6 Å². The van der Waals surface area contributed by atoms with Crippen LogP contribution in [-0.2, 0) is 22.4 Å². The van der Waals surface area contributed by atoms with Crippen molar-refractivity contribution >= 4 is 12.0 Å². The predicted molar refractivity (Wildman–Crippen MR) is 111 cm³/mol. The lowest BCUT2D eigenvalue weighted by molar-refractivity contribution is -0.122. The monoisotopic (exact) mass is 436 g/mol. The third kappa shape index (κ3) is 8.70. The number of hydrogen-bond acceptors (Lipinski definition) is 3. The number of benzene rings is 2. The standard InChI is InChI=1S/C23H27F3N2O3/c1-22(2,3)31-21(30)27-14-20(29)28-23(4,12-15-5-7-17(24)8-6-15)13-16-9-18(25)11-19(26)10-16/h5-11H,12-14H2,1-4H3,(H,27,30)(H,28,29). The van der Waals surface area contributed by atoms with E-state index in [1.165, 1.54) is 24.3 Å². The van der Waals surface area contributed by atoms with E-state index in [1.807, 2.05) is 0 Å². The van der Waals surface area contributed by atoms with Crippen LogP contribution in [0.4, 0.5) is 18.0 Å². The van der Waals surface area contributed by atoms with E-state index in [0.717, 1.165) is 11.6 Å². The minimum atomic E-state index is -0.968. The molecule has 0 spiro atoms. The van der Waals surface area contributed by atoms with Gasteiger partial charge in [-0.25, -0.2) is 18.0 Å². The molecular formula is C23H27F3N2O3. The average Bonchev–Trinajstić information content (AvgIpc) is 2.59. The molecule has 2 rings (SSSR count). The highest BCUT2D eigenvalue weighted by atomic mass is 19.1. The molecule has 168 valence electrons. The molecular weight excluding hydrogens is 409 g/mol. The second kappa shape index (κ2) is 9.85. The number of amides is 2. The van der Waals surface area contributed by atoms with Crippen LogP contribution in [0.5, 0.6) is 0 Å². The van der Waals surface area contributed by atoms with Gasteiger partial charge in [0.1, 0.15) is 29.6 Å². The Morgan fingerprint density at radius 2 is 1.39 bits per heavy atom. The molecule has 2 aromatic rings. The van der Waals surface area contributed by atoms with E-state index < -0.39 is 40.6 Å². The van der Waals surface area contributed by atoms with Crippen LogP contribution >= 0.6 is 0 Å². The van der Waals surface area contributed by atoms with Gasteiger partial charge in [-0.2, -0.15) is 0 Å². The molecule has 0 aliphatic carbocycles. The normalized spacial score (nSPS) is 13.3. The van der Waals surface area contributed by atoms with Gasteiger partial charge in [0.05, 0.1) is 0 Å². The molecule has 0 radical (unpaired) electrons. The summed E-state index contributed by atoms with van der Waals surface area (Å²) < 4.78 is 45.7. The minimum Gasteiger partial charge on any atom is -0.444 e. The van der Waals surface area contributed by atoms with Gasteiger partial charge in [-0.05, 0) is 75.9 Å². The maximum absolute atomic E-state index is 13.7. The Labute approximate surface area is 180 Å². The topological polar surface area (TPSA) is 67.4 Å². The molecule has 2 N–H and O–H groups in total. The number of halogens is 3. The smallest absolute Gasteiger partial charge is 0.408 e. The van der Waals surface area contributed by atoms with E-state index in [-0.39, 0.29) is 19.4 Å². The summed E-state index contributed by atoms with van der Waals surface area (Å²) in [6.45, 7) is 6.47. The average molecular weight is 436 g/mol. The number of nitrogens with one attached hydrogen (secondary N) is 2. The van der Waals surface area contributed by atoms with Crippen LogP contribution in [0.25, 0.3) is 0 Å². The van der Waals surface area contributed by atoms with E-state index in [1.54, 1.807) is 39.8 Å². The molecule has 0 aliphatic rings. The summed E-state index contributed by atoms with van der Waals surface area (Å²) in [6, 6.07) is 8.89. The Bertz CT molecular complexity index is 906. The molecule has 1 unspecified atom stereocenters. The third-order valence-electron chi connectivity index (χ3n) is 4.26. The summed E-state index contributed by atoms with van der Waals surface area (Å²) in [7, 11) is 0. The highest BCUT2D eigenvalue weighted by Gasteiger charge is 2.28. The van der Waals surface area contributed by atoms with Crippen molar-refractivity contribution in [1.82, 2.24) is 10.6 Å². The van der Waals surface area contributed by atoms with Crippen LogP contribution in [0, 0.1) is 17.5 Å². The van der Waals surface area contributed by atoms with Gasteiger partial charge in [-0.15, -0.1) is 0 Å². The van der Waals surface area contributed by atoms with Crippen molar-refractivity contribution in [2.24, 2.45) is 0 Å². The lowest BCUT2D eigenvalue weighted by Crippen LogP contribution is -2.52. The summed E-state index contributed by atoms with van der Waals surface area (Å²) in [5.41, 5.74) is -0.604. The number of alkyl carbamates (subject to hydrolysis) is 1. The van der Waals surface area contributed by atoms with Crippen molar-refractivity contribution in [3.8, 4) is 0 Å². The zero-order valence-electron chi connectivity index (χ0n) is 18.0. The maximum Gasteiger partial charge on any atom is 0.408 e. The second-order valence-corrected chi connectivity index (χ2v) is 8.72. The SMILES string of the molecule is CC(Cc1ccc(F)cc1)(Cc1cc(F)cc(F)c1)NC(=O)CNC(=O)OC(C)(C)C. The fraction of sp³-hybridized carbons (Fsp3) is 0.391. The number of carbonyl (C=O) groups excluding carboxylic acids is 2. The number of hydrogen-bond donors (Lipinski definition) is 2. The molecule has 5 nitrogen and oxygen atoms in total. The molecule has 0 aliphatic heterocycles. The van der Waals surface area contributed by atoms with E-state index in [0.29, 0.717) is 5.56 Å². The zero-order chi connectivity index (χ0) is 23.2. The Balaban J connectivity index is 2.15.